The van der Waals surface area contributed by atoms with E-state index < -0.39 is 17.7 Å². The molecule has 0 aromatic heterocycles. The van der Waals surface area contributed by atoms with E-state index in [1.54, 1.807) is 0 Å². The molecule has 0 bridgehead atoms. The number of carboxylic acids is 1. The lowest BCUT2D eigenvalue weighted by Gasteiger charge is -2.31. The van der Waals surface area contributed by atoms with Crippen LogP contribution < -0.4 is 5.73 Å². The van der Waals surface area contributed by atoms with Gasteiger partial charge in [-0.25, -0.2) is 4.79 Å². The lowest BCUT2D eigenvalue weighted by Crippen LogP contribution is -2.52. The maximum Gasteiger partial charge on any atom is 0.490 e. The molecule has 1 aromatic rings. The fourth-order valence-electron chi connectivity index (χ4n) is 2.14. The van der Waals surface area contributed by atoms with E-state index in [-0.39, 0.29) is 5.97 Å². The first kappa shape index (κ1) is 18.0. The third kappa shape index (κ3) is 4.45. The first-order chi connectivity index (χ1) is 10.1. The molecule has 1 aromatic carbocycles. The van der Waals surface area contributed by atoms with Crippen molar-refractivity contribution >= 4 is 11.9 Å². The molecule has 0 fully saturated rings. The Balaban J connectivity index is 0.000000295. The first-order valence-corrected chi connectivity index (χ1v) is 6.34. The Labute approximate surface area is 124 Å². The van der Waals surface area contributed by atoms with Crippen molar-refractivity contribution in [2.24, 2.45) is 5.73 Å². The van der Waals surface area contributed by atoms with Gasteiger partial charge in [-0.2, -0.15) is 13.2 Å². The zero-order chi connectivity index (χ0) is 17.0. The van der Waals surface area contributed by atoms with E-state index in [1.807, 2.05) is 18.2 Å². The van der Waals surface area contributed by atoms with Gasteiger partial charge in [0.05, 0.1) is 7.11 Å². The largest absolute Gasteiger partial charge is 0.490 e. The summed E-state index contributed by atoms with van der Waals surface area (Å²) in [5.41, 5.74) is 7.68. The standard InChI is InChI=1S/C12H15NO2.C2HF3O2/c1-15-11(14)12(13)7-6-9-4-2-3-5-10(9)8-12;3-2(4,5)1(6)7/h2-5H,6-8,13H2,1H3;(H,6,7). The van der Waals surface area contributed by atoms with Gasteiger partial charge in [-0.15, -0.1) is 0 Å². The van der Waals surface area contributed by atoms with Crippen molar-refractivity contribution in [1.82, 2.24) is 0 Å². The number of esters is 1. The van der Waals surface area contributed by atoms with Crippen LogP contribution in [0.25, 0.3) is 0 Å². The molecule has 0 saturated heterocycles. The maximum absolute atomic E-state index is 11.6. The molecule has 0 saturated carbocycles. The van der Waals surface area contributed by atoms with Gasteiger partial charge in [0.15, 0.2) is 0 Å². The van der Waals surface area contributed by atoms with Gasteiger partial charge in [-0.3, -0.25) is 4.79 Å². The second kappa shape index (κ2) is 6.78. The Bertz CT molecular complexity index is 559. The van der Waals surface area contributed by atoms with Crippen molar-refractivity contribution in [3.63, 3.8) is 0 Å². The summed E-state index contributed by atoms with van der Waals surface area (Å²) < 4.78 is 36.5. The fourth-order valence-corrected chi connectivity index (χ4v) is 2.14. The SMILES string of the molecule is COC(=O)C1(N)CCc2ccccc2C1.O=C(O)C(F)(F)F. The molecule has 0 spiro atoms. The summed E-state index contributed by atoms with van der Waals surface area (Å²) in [6, 6.07) is 8.10. The maximum atomic E-state index is 11.6. The van der Waals surface area contributed by atoms with Crippen molar-refractivity contribution in [2.75, 3.05) is 7.11 Å². The van der Waals surface area contributed by atoms with Crippen LogP contribution in [-0.2, 0) is 27.2 Å². The van der Waals surface area contributed by atoms with Crippen LogP contribution in [0.15, 0.2) is 24.3 Å². The highest BCUT2D eigenvalue weighted by Gasteiger charge is 2.39. The summed E-state index contributed by atoms with van der Waals surface area (Å²) in [6.07, 6.45) is -2.99. The summed E-state index contributed by atoms with van der Waals surface area (Å²) in [5, 5.41) is 7.12. The van der Waals surface area contributed by atoms with Gasteiger partial charge < -0.3 is 15.6 Å². The van der Waals surface area contributed by atoms with E-state index >= 15 is 0 Å². The number of carbonyl (C=O) groups excluding carboxylic acids is 1. The van der Waals surface area contributed by atoms with Crippen molar-refractivity contribution in [1.29, 1.82) is 0 Å². The van der Waals surface area contributed by atoms with E-state index in [9.17, 15) is 18.0 Å². The van der Waals surface area contributed by atoms with Gasteiger partial charge in [0.25, 0.3) is 0 Å². The molecule has 3 N–H and O–H groups in total. The van der Waals surface area contributed by atoms with Crippen molar-refractivity contribution in [2.45, 2.75) is 31.0 Å². The predicted molar refractivity (Wildman–Crippen MR) is 71.1 cm³/mol. The van der Waals surface area contributed by atoms with Crippen LogP contribution in [0.3, 0.4) is 0 Å². The zero-order valence-corrected chi connectivity index (χ0v) is 11.8. The highest BCUT2D eigenvalue weighted by molar-refractivity contribution is 5.81. The van der Waals surface area contributed by atoms with Gasteiger partial charge in [0, 0.05) is 6.42 Å². The molecule has 8 heteroatoms. The van der Waals surface area contributed by atoms with Gasteiger partial charge in [0.1, 0.15) is 5.54 Å². The lowest BCUT2D eigenvalue weighted by atomic mass is 9.79. The molecule has 0 aliphatic heterocycles. The number of carbonyl (C=O) groups is 2. The van der Waals surface area contributed by atoms with Gasteiger partial charge >= 0.3 is 18.1 Å². The molecule has 1 aliphatic rings. The monoisotopic (exact) mass is 319 g/mol. The number of rotatable bonds is 1. The number of benzene rings is 1. The third-order valence-electron chi connectivity index (χ3n) is 3.30. The summed E-state index contributed by atoms with van der Waals surface area (Å²) in [5.74, 6) is -3.07. The number of aliphatic carboxylic acids is 1. The Morgan fingerprint density at radius 3 is 2.23 bits per heavy atom. The lowest BCUT2D eigenvalue weighted by molar-refractivity contribution is -0.192. The minimum atomic E-state index is -5.08. The van der Waals surface area contributed by atoms with Gasteiger partial charge in [-0.05, 0) is 24.0 Å². The number of hydrogen-bond acceptors (Lipinski definition) is 4. The minimum absolute atomic E-state index is 0.308. The number of carboxylic acid groups (broad SMARTS) is 1. The molecule has 1 atom stereocenters. The minimum Gasteiger partial charge on any atom is -0.475 e. The number of fused-ring (bicyclic) bond motifs is 1. The summed E-state index contributed by atoms with van der Waals surface area (Å²) in [4.78, 5) is 20.4. The second-order valence-corrected chi connectivity index (χ2v) is 4.90. The van der Waals surface area contributed by atoms with Crippen LogP contribution in [0.4, 0.5) is 13.2 Å². The highest BCUT2D eigenvalue weighted by Crippen LogP contribution is 2.27. The topological polar surface area (TPSA) is 89.6 Å². The summed E-state index contributed by atoms with van der Waals surface area (Å²) in [7, 11) is 1.39. The van der Waals surface area contributed by atoms with Crippen LogP contribution in [0.5, 0.6) is 0 Å². The number of halogens is 3. The van der Waals surface area contributed by atoms with Gasteiger partial charge in [-0.1, -0.05) is 24.3 Å². The molecule has 122 valence electrons. The molecular formula is C14H16F3NO4. The van der Waals surface area contributed by atoms with Gasteiger partial charge in [0.2, 0.25) is 0 Å². The van der Waals surface area contributed by atoms with E-state index in [1.165, 1.54) is 12.7 Å². The van der Waals surface area contributed by atoms with Crippen LogP contribution in [0.1, 0.15) is 17.5 Å². The van der Waals surface area contributed by atoms with Crippen LogP contribution >= 0.6 is 0 Å². The average Bonchev–Trinajstić information content (AvgIpc) is 2.45. The number of alkyl halides is 3. The van der Waals surface area contributed by atoms with Crippen LogP contribution in [0, 0.1) is 0 Å². The summed E-state index contributed by atoms with van der Waals surface area (Å²) >= 11 is 0. The Hall–Kier alpha value is -2.09. The number of nitrogens with two attached hydrogens (primary N) is 1. The molecular weight excluding hydrogens is 303 g/mol. The Morgan fingerprint density at radius 2 is 1.77 bits per heavy atom. The van der Waals surface area contributed by atoms with E-state index in [4.69, 9.17) is 20.4 Å². The van der Waals surface area contributed by atoms with E-state index in [2.05, 4.69) is 6.07 Å². The second-order valence-electron chi connectivity index (χ2n) is 4.90. The van der Waals surface area contributed by atoms with Crippen LogP contribution in [0.2, 0.25) is 0 Å². The average molecular weight is 319 g/mol. The summed E-state index contributed by atoms with van der Waals surface area (Å²) in [6.45, 7) is 0. The molecule has 2 rings (SSSR count). The molecule has 1 unspecified atom stereocenters. The molecule has 0 radical (unpaired) electrons. The molecule has 5 nitrogen and oxygen atoms in total. The normalized spacial score (nSPS) is 20.2. The number of ether oxygens (including phenoxy) is 1. The molecule has 0 amide bonds. The number of hydrogen-bond donors (Lipinski definition) is 2. The third-order valence-corrected chi connectivity index (χ3v) is 3.30. The smallest absolute Gasteiger partial charge is 0.475 e. The van der Waals surface area contributed by atoms with E-state index in [0.717, 1.165) is 12.0 Å². The Kier molecular flexibility index (Phi) is 5.54. The van der Waals surface area contributed by atoms with E-state index in [0.29, 0.717) is 12.8 Å². The van der Waals surface area contributed by atoms with Crippen molar-refractivity contribution in [3.8, 4) is 0 Å². The van der Waals surface area contributed by atoms with Crippen molar-refractivity contribution in [3.05, 3.63) is 35.4 Å². The molecule has 22 heavy (non-hydrogen) atoms. The first-order valence-electron chi connectivity index (χ1n) is 6.34. The Morgan fingerprint density at radius 1 is 1.27 bits per heavy atom. The molecule has 1 aliphatic carbocycles. The number of aryl methyl sites for hydroxylation is 1. The molecule has 0 heterocycles. The fraction of sp³-hybridized carbons (Fsp3) is 0.429. The highest BCUT2D eigenvalue weighted by atomic mass is 19.4. The zero-order valence-electron chi connectivity index (χ0n) is 11.8. The quantitative estimate of drug-likeness (QED) is 0.769. The number of methoxy groups -OCH3 is 1. The van der Waals surface area contributed by atoms with Crippen molar-refractivity contribution < 1.29 is 32.6 Å². The predicted octanol–water partition coefficient (Wildman–Crippen LogP) is 1.68. The van der Waals surface area contributed by atoms with Crippen LogP contribution in [-0.4, -0.2) is 35.9 Å².